The molecule has 0 spiro atoms. The fraction of sp³-hybridized carbons (Fsp3) is 0.615. The number of hydrogen-bond donors (Lipinski definition) is 2. The lowest BCUT2D eigenvalue weighted by Gasteiger charge is -2.28. The molecule has 0 aliphatic heterocycles. The van der Waals surface area contributed by atoms with Gasteiger partial charge in [0.25, 0.3) is 0 Å². The predicted octanol–water partition coefficient (Wildman–Crippen LogP) is 2.81. The molecule has 114 valence electrons. The highest BCUT2D eigenvalue weighted by Gasteiger charge is 2.37. The minimum atomic E-state index is -4.45. The Hall–Kier alpha value is -1.18. The zero-order chi connectivity index (χ0) is 15.2. The first-order valence-electron chi connectivity index (χ1n) is 6.54. The summed E-state index contributed by atoms with van der Waals surface area (Å²) in [5.41, 5.74) is 1.70. The number of hydrogen-bond acceptors (Lipinski definition) is 4. The lowest BCUT2D eigenvalue weighted by Crippen LogP contribution is -2.39. The van der Waals surface area contributed by atoms with Gasteiger partial charge in [-0.05, 0) is 19.4 Å². The minimum Gasteiger partial charge on any atom is -0.376 e. The first-order valence-corrected chi connectivity index (χ1v) is 6.54. The van der Waals surface area contributed by atoms with Crippen molar-refractivity contribution in [3.05, 3.63) is 29.6 Å². The number of aromatic nitrogens is 1. The van der Waals surface area contributed by atoms with Crippen molar-refractivity contribution in [2.24, 2.45) is 5.84 Å². The number of nitrogens with two attached hydrogens (primary N) is 1. The van der Waals surface area contributed by atoms with Gasteiger partial charge in [0.2, 0.25) is 0 Å². The number of pyridine rings is 1. The molecule has 7 heteroatoms. The molecular formula is C13H20F3N3O. The van der Waals surface area contributed by atoms with Gasteiger partial charge in [0.15, 0.2) is 0 Å². The summed E-state index contributed by atoms with van der Waals surface area (Å²) in [6, 6.07) is 0.203. The van der Waals surface area contributed by atoms with E-state index >= 15 is 0 Å². The number of rotatable bonds is 7. The third-order valence-electron chi connectivity index (χ3n) is 3.00. The van der Waals surface area contributed by atoms with Gasteiger partial charge in [0.1, 0.15) is 0 Å². The van der Waals surface area contributed by atoms with Gasteiger partial charge in [-0.1, -0.05) is 13.3 Å². The van der Waals surface area contributed by atoms with Crippen molar-refractivity contribution in [2.45, 2.75) is 45.0 Å². The average Bonchev–Trinajstić information content (AvgIpc) is 2.39. The number of nitrogens with zero attached hydrogens (tertiary/aromatic N) is 1. The summed E-state index contributed by atoms with van der Waals surface area (Å²) in [5, 5.41) is 0. The van der Waals surface area contributed by atoms with Crippen LogP contribution in [0.2, 0.25) is 0 Å². The molecule has 0 bridgehead atoms. The van der Waals surface area contributed by atoms with Crippen LogP contribution in [-0.4, -0.2) is 17.7 Å². The van der Waals surface area contributed by atoms with Gasteiger partial charge in [0.05, 0.1) is 17.7 Å². The maximum atomic E-state index is 13.0. The topological polar surface area (TPSA) is 60.2 Å². The van der Waals surface area contributed by atoms with E-state index in [2.05, 4.69) is 10.4 Å². The smallest absolute Gasteiger partial charge is 0.376 e. The molecule has 0 fully saturated rings. The van der Waals surface area contributed by atoms with Crippen LogP contribution in [0.4, 0.5) is 13.2 Å². The highest BCUT2D eigenvalue weighted by molar-refractivity contribution is 5.30. The van der Waals surface area contributed by atoms with E-state index < -0.39 is 23.9 Å². The zero-order valence-corrected chi connectivity index (χ0v) is 11.6. The Bertz CT molecular complexity index is 406. The first-order chi connectivity index (χ1) is 9.45. The molecule has 0 radical (unpaired) electrons. The second-order valence-electron chi connectivity index (χ2n) is 4.39. The van der Waals surface area contributed by atoms with E-state index in [1.165, 1.54) is 6.20 Å². The summed E-state index contributed by atoms with van der Waals surface area (Å²) < 4.78 is 44.6. The number of nitrogens with one attached hydrogen (secondary N) is 1. The van der Waals surface area contributed by atoms with E-state index in [0.717, 1.165) is 18.7 Å². The van der Waals surface area contributed by atoms with E-state index in [1.54, 1.807) is 6.92 Å². The lowest BCUT2D eigenvalue weighted by atomic mass is 9.96. The molecule has 3 N–H and O–H groups in total. The van der Waals surface area contributed by atoms with Crippen LogP contribution in [0.5, 0.6) is 0 Å². The van der Waals surface area contributed by atoms with Gasteiger partial charge in [0, 0.05) is 24.6 Å². The van der Waals surface area contributed by atoms with Crippen LogP contribution in [0.25, 0.3) is 0 Å². The molecule has 0 aromatic carbocycles. The molecule has 0 saturated carbocycles. The summed E-state index contributed by atoms with van der Waals surface area (Å²) in [6.45, 7) is 4.14. The summed E-state index contributed by atoms with van der Waals surface area (Å²) in [4.78, 5) is 3.78. The molecule has 1 rings (SSSR count). The van der Waals surface area contributed by atoms with Crippen LogP contribution >= 0.6 is 0 Å². The Balaban J connectivity index is 3.17. The Kier molecular flexibility index (Phi) is 6.38. The monoisotopic (exact) mass is 291 g/mol. The molecule has 1 aromatic rings. The molecular weight excluding hydrogens is 271 g/mol. The highest BCUT2D eigenvalue weighted by Crippen LogP contribution is 2.35. The molecule has 4 nitrogen and oxygen atoms in total. The van der Waals surface area contributed by atoms with Crippen molar-refractivity contribution in [2.75, 3.05) is 6.61 Å². The second kappa shape index (κ2) is 7.56. The Morgan fingerprint density at radius 2 is 2.10 bits per heavy atom. The number of hydrazine groups is 1. The molecule has 20 heavy (non-hydrogen) atoms. The van der Waals surface area contributed by atoms with Crippen LogP contribution in [0.3, 0.4) is 0 Å². The fourth-order valence-electron chi connectivity index (χ4n) is 2.15. The van der Waals surface area contributed by atoms with E-state index in [4.69, 9.17) is 10.6 Å². The maximum Gasteiger partial charge on any atom is 0.416 e. The molecule has 0 aliphatic rings. The third-order valence-corrected chi connectivity index (χ3v) is 3.00. The predicted molar refractivity (Wildman–Crippen MR) is 69.6 cm³/mol. The Morgan fingerprint density at radius 1 is 1.40 bits per heavy atom. The van der Waals surface area contributed by atoms with Crippen LogP contribution in [0.15, 0.2) is 18.5 Å². The lowest BCUT2D eigenvalue weighted by molar-refractivity contribution is -0.139. The highest BCUT2D eigenvalue weighted by atomic mass is 19.4. The van der Waals surface area contributed by atoms with Crippen LogP contribution in [0.1, 0.15) is 43.9 Å². The average molecular weight is 291 g/mol. The summed E-state index contributed by atoms with van der Waals surface area (Å²) in [7, 11) is 0. The first kappa shape index (κ1) is 16.9. The van der Waals surface area contributed by atoms with Gasteiger partial charge >= 0.3 is 6.18 Å². The van der Waals surface area contributed by atoms with Crippen molar-refractivity contribution in [3.8, 4) is 0 Å². The molecule has 0 amide bonds. The molecule has 1 aromatic heterocycles. The SMILES string of the molecule is CCCC(OCC)C(NN)c1cnccc1C(F)(F)F. The van der Waals surface area contributed by atoms with Crippen molar-refractivity contribution in [1.29, 1.82) is 0 Å². The number of halogens is 3. The van der Waals surface area contributed by atoms with Crippen LogP contribution < -0.4 is 11.3 Å². The van der Waals surface area contributed by atoms with Crippen molar-refractivity contribution < 1.29 is 17.9 Å². The van der Waals surface area contributed by atoms with Gasteiger partial charge in [-0.25, -0.2) is 0 Å². The maximum absolute atomic E-state index is 13.0. The van der Waals surface area contributed by atoms with Crippen molar-refractivity contribution in [3.63, 3.8) is 0 Å². The fourth-order valence-corrected chi connectivity index (χ4v) is 2.15. The summed E-state index contributed by atoms with van der Waals surface area (Å²) >= 11 is 0. The number of alkyl halides is 3. The molecule has 2 unspecified atom stereocenters. The quantitative estimate of drug-likeness (QED) is 0.599. The second-order valence-corrected chi connectivity index (χ2v) is 4.39. The van der Waals surface area contributed by atoms with Gasteiger partial charge in [-0.3, -0.25) is 16.3 Å². The van der Waals surface area contributed by atoms with E-state index in [-0.39, 0.29) is 5.56 Å². The largest absolute Gasteiger partial charge is 0.416 e. The molecule has 0 saturated heterocycles. The van der Waals surface area contributed by atoms with Crippen molar-refractivity contribution >= 4 is 0 Å². The van der Waals surface area contributed by atoms with Crippen molar-refractivity contribution in [1.82, 2.24) is 10.4 Å². The van der Waals surface area contributed by atoms with E-state index in [0.29, 0.717) is 13.0 Å². The minimum absolute atomic E-state index is 0.00870. The summed E-state index contributed by atoms with van der Waals surface area (Å²) in [6.07, 6.45) is -1.18. The third kappa shape index (κ3) is 4.16. The molecule has 2 atom stereocenters. The van der Waals surface area contributed by atoms with Gasteiger partial charge < -0.3 is 4.74 Å². The van der Waals surface area contributed by atoms with Gasteiger partial charge in [-0.15, -0.1) is 0 Å². The Morgan fingerprint density at radius 3 is 2.60 bits per heavy atom. The molecule has 0 aliphatic carbocycles. The standard InChI is InChI=1S/C13H20F3N3O/c1-3-5-11(20-4-2)12(19-17)9-8-18-7-6-10(9)13(14,15)16/h6-8,11-12,19H,3-5,17H2,1-2H3. The normalized spacial score (nSPS) is 15.1. The van der Waals surface area contributed by atoms with E-state index in [1.807, 2.05) is 6.92 Å². The summed E-state index contributed by atoms with van der Waals surface area (Å²) in [5.74, 6) is 5.45. The Labute approximate surface area is 116 Å². The van der Waals surface area contributed by atoms with E-state index in [9.17, 15) is 13.2 Å². The van der Waals surface area contributed by atoms with Crippen LogP contribution in [-0.2, 0) is 10.9 Å². The van der Waals surface area contributed by atoms with Crippen LogP contribution in [0, 0.1) is 0 Å². The molecule has 1 heterocycles. The zero-order valence-electron chi connectivity index (χ0n) is 11.6. The number of ether oxygens (including phenoxy) is 1. The van der Waals surface area contributed by atoms with Gasteiger partial charge in [-0.2, -0.15) is 13.2 Å².